The largest absolute Gasteiger partial charge is 0.488 e. The molecule has 130 valence electrons. The Labute approximate surface area is 150 Å². The van der Waals surface area contributed by atoms with E-state index in [9.17, 15) is 9.59 Å². The number of carbonyl (C=O) groups excluding carboxylic acids is 2. The number of rotatable bonds is 4. The molecule has 0 fully saturated rings. The lowest BCUT2D eigenvalue weighted by Gasteiger charge is -2.19. The first kappa shape index (κ1) is 17.2. The second-order valence-electron chi connectivity index (χ2n) is 5.73. The minimum atomic E-state index is -0.994. The number of fused-ring (bicyclic) bond motifs is 1. The van der Waals surface area contributed by atoms with Gasteiger partial charge < -0.3 is 14.8 Å². The van der Waals surface area contributed by atoms with Gasteiger partial charge in [-0.1, -0.05) is 24.3 Å². The van der Waals surface area contributed by atoms with Gasteiger partial charge >= 0.3 is 5.97 Å². The minimum Gasteiger partial charge on any atom is -0.488 e. The molecule has 0 bridgehead atoms. The van der Waals surface area contributed by atoms with E-state index in [1.54, 1.807) is 30.3 Å². The number of benzene rings is 2. The number of anilines is 1. The highest BCUT2D eigenvalue weighted by Crippen LogP contribution is 2.26. The molecule has 0 aliphatic carbocycles. The van der Waals surface area contributed by atoms with E-state index in [1.165, 1.54) is 6.92 Å². The predicted molar refractivity (Wildman–Crippen MR) is 95.3 cm³/mol. The van der Waals surface area contributed by atoms with Crippen LogP contribution >= 0.6 is 0 Å². The topological polar surface area (TPSA) is 88.4 Å². The number of hydrogen-bond donors (Lipinski definition) is 1. The van der Waals surface area contributed by atoms with Crippen molar-refractivity contribution >= 4 is 23.6 Å². The maximum Gasteiger partial charge on any atom is 0.338 e. The second-order valence-corrected chi connectivity index (χ2v) is 5.73. The number of amides is 1. The van der Waals surface area contributed by atoms with Crippen molar-refractivity contribution in [1.29, 1.82) is 5.26 Å². The molecule has 26 heavy (non-hydrogen) atoms. The van der Waals surface area contributed by atoms with Crippen molar-refractivity contribution in [3.8, 4) is 11.8 Å². The zero-order chi connectivity index (χ0) is 18.5. The van der Waals surface area contributed by atoms with Crippen LogP contribution < -0.4 is 10.1 Å². The van der Waals surface area contributed by atoms with E-state index in [-0.39, 0.29) is 6.61 Å². The lowest BCUT2D eigenvalue weighted by Crippen LogP contribution is -2.31. The summed E-state index contributed by atoms with van der Waals surface area (Å²) in [5.41, 5.74) is 2.02. The molecule has 2 aromatic carbocycles. The monoisotopic (exact) mass is 348 g/mol. The first-order valence-corrected chi connectivity index (χ1v) is 8.01. The fourth-order valence-corrected chi connectivity index (χ4v) is 2.43. The van der Waals surface area contributed by atoms with Gasteiger partial charge in [0.2, 0.25) is 0 Å². The van der Waals surface area contributed by atoms with E-state index in [2.05, 4.69) is 5.32 Å². The molecule has 0 spiro atoms. The molecular weight excluding hydrogens is 332 g/mol. The molecule has 1 heterocycles. The maximum absolute atomic E-state index is 12.3. The van der Waals surface area contributed by atoms with E-state index in [0.29, 0.717) is 22.6 Å². The Morgan fingerprint density at radius 3 is 2.85 bits per heavy atom. The summed E-state index contributed by atoms with van der Waals surface area (Å²) in [5.74, 6) is -0.383. The van der Waals surface area contributed by atoms with Crippen LogP contribution in [0.5, 0.6) is 5.75 Å². The Bertz CT molecular complexity index is 927. The Morgan fingerprint density at radius 1 is 1.23 bits per heavy atom. The number of hydrogen-bond acceptors (Lipinski definition) is 5. The quantitative estimate of drug-likeness (QED) is 0.858. The highest BCUT2D eigenvalue weighted by molar-refractivity contribution is 5.99. The molecule has 1 N–H and O–H groups in total. The predicted octanol–water partition coefficient (Wildman–Crippen LogP) is 2.90. The molecule has 3 rings (SSSR count). The summed E-state index contributed by atoms with van der Waals surface area (Å²) in [6.07, 6.45) is 0.702. The Balaban J connectivity index is 1.63. The number of carbonyl (C=O) groups is 2. The Morgan fingerprint density at radius 2 is 2.04 bits per heavy atom. The average Bonchev–Trinajstić information content (AvgIpc) is 2.67. The number of nitrogens with one attached hydrogen (secondary N) is 1. The third kappa shape index (κ3) is 3.90. The average molecular weight is 348 g/mol. The van der Waals surface area contributed by atoms with Crippen molar-refractivity contribution in [2.75, 3.05) is 11.9 Å². The minimum absolute atomic E-state index is 0.0917. The van der Waals surface area contributed by atoms with Gasteiger partial charge in [-0.05, 0) is 37.3 Å². The van der Waals surface area contributed by atoms with Gasteiger partial charge in [0.05, 0.1) is 17.2 Å². The molecule has 0 radical (unpaired) electrons. The third-order valence-corrected chi connectivity index (χ3v) is 3.81. The summed E-state index contributed by atoms with van der Waals surface area (Å²) in [5, 5.41) is 11.5. The van der Waals surface area contributed by atoms with Gasteiger partial charge in [-0.25, -0.2) is 4.79 Å². The van der Waals surface area contributed by atoms with Crippen LogP contribution in [0.2, 0.25) is 0 Å². The van der Waals surface area contributed by atoms with E-state index in [4.69, 9.17) is 14.7 Å². The van der Waals surface area contributed by atoms with Crippen molar-refractivity contribution in [1.82, 2.24) is 0 Å². The molecule has 2 aromatic rings. The molecule has 1 amide bonds. The van der Waals surface area contributed by atoms with Crippen LogP contribution in [0.4, 0.5) is 5.69 Å². The lowest BCUT2D eigenvalue weighted by molar-refractivity contribution is -0.149. The standard InChI is InChI=1S/C20H16N2O4/c1-13(19(23)22-17-7-4-5-14(9-17)11-21)26-20(24)16-10-15-6-2-3-8-18(15)25-12-16/h2-10,13H,12H2,1H3,(H,22,23)/t13-/m1/s1. The van der Waals surface area contributed by atoms with Gasteiger partial charge in [-0.15, -0.1) is 0 Å². The van der Waals surface area contributed by atoms with Crippen molar-refractivity contribution in [2.24, 2.45) is 0 Å². The van der Waals surface area contributed by atoms with E-state index < -0.39 is 18.0 Å². The zero-order valence-corrected chi connectivity index (χ0v) is 14.1. The van der Waals surface area contributed by atoms with Gasteiger partial charge in [0.1, 0.15) is 12.4 Å². The molecule has 1 atom stereocenters. The number of esters is 1. The first-order chi connectivity index (χ1) is 12.6. The van der Waals surface area contributed by atoms with Gasteiger partial charge in [0.15, 0.2) is 6.10 Å². The molecule has 1 aliphatic rings. The van der Waals surface area contributed by atoms with Crippen LogP contribution in [0.15, 0.2) is 54.1 Å². The van der Waals surface area contributed by atoms with Gasteiger partial charge in [0, 0.05) is 11.3 Å². The summed E-state index contributed by atoms with van der Waals surface area (Å²) < 4.78 is 10.8. The molecule has 0 unspecified atom stereocenters. The molecular formula is C20H16N2O4. The summed E-state index contributed by atoms with van der Waals surface area (Å²) in [4.78, 5) is 24.5. The van der Waals surface area contributed by atoms with Gasteiger partial charge in [-0.2, -0.15) is 5.26 Å². The van der Waals surface area contributed by atoms with Crippen LogP contribution in [0.3, 0.4) is 0 Å². The van der Waals surface area contributed by atoms with E-state index in [0.717, 1.165) is 5.56 Å². The van der Waals surface area contributed by atoms with Crippen LogP contribution in [-0.4, -0.2) is 24.6 Å². The van der Waals surface area contributed by atoms with Crippen LogP contribution in [-0.2, 0) is 14.3 Å². The molecule has 6 nitrogen and oxygen atoms in total. The van der Waals surface area contributed by atoms with E-state index in [1.807, 2.05) is 30.3 Å². The van der Waals surface area contributed by atoms with Crippen LogP contribution in [0.25, 0.3) is 6.08 Å². The molecule has 0 saturated heterocycles. The summed E-state index contributed by atoms with van der Waals surface area (Å²) in [6.45, 7) is 1.58. The van der Waals surface area contributed by atoms with Gasteiger partial charge in [0.25, 0.3) is 5.91 Å². The van der Waals surface area contributed by atoms with E-state index >= 15 is 0 Å². The highest BCUT2D eigenvalue weighted by atomic mass is 16.6. The fourth-order valence-electron chi connectivity index (χ4n) is 2.43. The van der Waals surface area contributed by atoms with Crippen LogP contribution in [0.1, 0.15) is 18.1 Å². The number of nitriles is 1. The molecule has 6 heteroatoms. The SMILES string of the molecule is C[C@@H](OC(=O)C1=Cc2ccccc2OC1)C(=O)Nc1cccc(C#N)c1. The Kier molecular flexibility index (Phi) is 4.99. The smallest absolute Gasteiger partial charge is 0.338 e. The van der Waals surface area contributed by atoms with Crippen molar-refractivity contribution < 1.29 is 19.1 Å². The highest BCUT2D eigenvalue weighted by Gasteiger charge is 2.23. The maximum atomic E-state index is 12.3. The number of para-hydroxylation sites is 1. The normalized spacial score (nSPS) is 13.3. The molecule has 1 aliphatic heterocycles. The summed E-state index contributed by atoms with van der Waals surface area (Å²) in [7, 11) is 0. The third-order valence-electron chi connectivity index (χ3n) is 3.81. The molecule has 0 aromatic heterocycles. The lowest BCUT2D eigenvalue weighted by atomic mass is 10.1. The number of ether oxygens (including phenoxy) is 2. The number of nitrogens with zero attached hydrogens (tertiary/aromatic N) is 1. The fraction of sp³-hybridized carbons (Fsp3) is 0.150. The zero-order valence-electron chi connectivity index (χ0n) is 14.1. The molecule has 0 saturated carbocycles. The van der Waals surface area contributed by atoms with Crippen LogP contribution in [0, 0.1) is 11.3 Å². The second kappa shape index (κ2) is 7.53. The van der Waals surface area contributed by atoms with Crippen molar-refractivity contribution in [3.63, 3.8) is 0 Å². The van der Waals surface area contributed by atoms with Crippen molar-refractivity contribution in [2.45, 2.75) is 13.0 Å². The summed E-state index contributed by atoms with van der Waals surface area (Å²) >= 11 is 0. The first-order valence-electron chi connectivity index (χ1n) is 8.01. The van der Waals surface area contributed by atoms with Crippen molar-refractivity contribution in [3.05, 3.63) is 65.2 Å². The summed E-state index contributed by atoms with van der Waals surface area (Å²) in [6, 6.07) is 15.8. The van der Waals surface area contributed by atoms with Gasteiger partial charge in [-0.3, -0.25) is 4.79 Å². The Hall–Kier alpha value is -3.59.